The second-order valence-electron chi connectivity index (χ2n) is 6.09. The minimum Gasteiger partial charge on any atom is -0.476 e. The number of piperidine rings is 1. The summed E-state index contributed by atoms with van der Waals surface area (Å²) in [5.41, 5.74) is 2.13. The Hall–Kier alpha value is -2.33. The molecule has 118 valence electrons. The largest absolute Gasteiger partial charge is 0.476 e. The van der Waals surface area contributed by atoms with Crippen LogP contribution in [0.5, 0.6) is 5.88 Å². The van der Waals surface area contributed by atoms with Gasteiger partial charge < -0.3 is 10.1 Å². The molecular weight excluding hydrogens is 286 g/mol. The average Bonchev–Trinajstić information content (AvgIpc) is 3.01. The number of ether oxygens (including phenoxy) is 1. The Balaban J connectivity index is 1.64. The molecule has 4 rings (SSSR count). The van der Waals surface area contributed by atoms with Crippen molar-refractivity contribution in [3.05, 3.63) is 54.6 Å². The summed E-state index contributed by atoms with van der Waals surface area (Å²) in [5.74, 6) is 1.31. The Labute approximate surface area is 136 Å². The number of fused-ring (bicyclic) bond motifs is 1. The van der Waals surface area contributed by atoms with Gasteiger partial charge in [0.15, 0.2) is 0 Å². The molecule has 1 aliphatic rings. The molecule has 23 heavy (non-hydrogen) atoms. The SMILES string of the molecule is c1ccc(-n2nc(OC[C@@H]3CCCNC3)c3ccccc32)cc1. The topological polar surface area (TPSA) is 39.1 Å². The van der Waals surface area contributed by atoms with E-state index in [1.165, 1.54) is 12.8 Å². The van der Waals surface area contributed by atoms with E-state index in [1.807, 2.05) is 35.0 Å². The normalized spacial score (nSPS) is 18.2. The van der Waals surface area contributed by atoms with Crippen LogP contribution in [-0.4, -0.2) is 29.5 Å². The van der Waals surface area contributed by atoms with Crippen molar-refractivity contribution >= 4 is 10.9 Å². The van der Waals surface area contributed by atoms with E-state index in [0.717, 1.165) is 42.2 Å². The van der Waals surface area contributed by atoms with Crippen molar-refractivity contribution in [2.45, 2.75) is 12.8 Å². The van der Waals surface area contributed by atoms with Crippen LogP contribution in [0.2, 0.25) is 0 Å². The van der Waals surface area contributed by atoms with Gasteiger partial charge in [0.2, 0.25) is 5.88 Å². The molecule has 0 aliphatic carbocycles. The van der Waals surface area contributed by atoms with Crippen molar-refractivity contribution in [1.82, 2.24) is 15.1 Å². The highest BCUT2D eigenvalue weighted by molar-refractivity contribution is 5.85. The Morgan fingerprint density at radius 3 is 2.74 bits per heavy atom. The maximum absolute atomic E-state index is 6.09. The van der Waals surface area contributed by atoms with E-state index < -0.39 is 0 Å². The second-order valence-corrected chi connectivity index (χ2v) is 6.09. The molecule has 1 saturated heterocycles. The molecule has 0 saturated carbocycles. The molecule has 0 unspecified atom stereocenters. The van der Waals surface area contributed by atoms with Crippen molar-refractivity contribution in [3.63, 3.8) is 0 Å². The number of nitrogens with one attached hydrogen (secondary N) is 1. The lowest BCUT2D eigenvalue weighted by Crippen LogP contribution is -2.33. The van der Waals surface area contributed by atoms with Crippen molar-refractivity contribution in [1.29, 1.82) is 0 Å². The number of hydrogen-bond donors (Lipinski definition) is 1. The molecule has 0 radical (unpaired) electrons. The molecule has 4 nitrogen and oxygen atoms in total. The molecule has 2 aromatic carbocycles. The minimum absolute atomic E-state index is 0.574. The first kappa shape index (κ1) is 14.3. The first-order valence-electron chi connectivity index (χ1n) is 8.28. The van der Waals surface area contributed by atoms with Crippen LogP contribution in [0.15, 0.2) is 54.6 Å². The van der Waals surface area contributed by atoms with Crippen LogP contribution in [-0.2, 0) is 0 Å². The predicted molar refractivity (Wildman–Crippen MR) is 92.2 cm³/mol. The summed E-state index contributed by atoms with van der Waals surface area (Å²) in [7, 11) is 0. The third-order valence-electron chi connectivity index (χ3n) is 4.41. The highest BCUT2D eigenvalue weighted by atomic mass is 16.5. The summed E-state index contributed by atoms with van der Waals surface area (Å²) in [4.78, 5) is 0. The zero-order valence-electron chi connectivity index (χ0n) is 13.1. The van der Waals surface area contributed by atoms with Crippen LogP contribution in [0.4, 0.5) is 0 Å². The summed E-state index contributed by atoms with van der Waals surface area (Å²) in [6.07, 6.45) is 2.46. The minimum atomic E-state index is 0.574. The fraction of sp³-hybridized carbons (Fsp3) is 0.316. The first-order valence-corrected chi connectivity index (χ1v) is 8.28. The molecule has 0 amide bonds. The fourth-order valence-corrected chi connectivity index (χ4v) is 3.17. The zero-order chi connectivity index (χ0) is 15.5. The molecule has 4 heteroatoms. The number of nitrogens with zero attached hydrogens (tertiary/aromatic N) is 2. The first-order chi connectivity index (χ1) is 11.4. The summed E-state index contributed by atoms with van der Waals surface area (Å²) in [6, 6.07) is 18.4. The van der Waals surface area contributed by atoms with Crippen LogP contribution in [0.25, 0.3) is 16.6 Å². The van der Waals surface area contributed by atoms with E-state index >= 15 is 0 Å². The van der Waals surface area contributed by atoms with Gasteiger partial charge in [-0.05, 0) is 43.7 Å². The third kappa shape index (κ3) is 2.94. The lowest BCUT2D eigenvalue weighted by atomic mass is 10.0. The summed E-state index contributed by atoms with van der Waals surface area (Å²) in [6.45, 7) is 2.89. The quantitative estimate of drug-likeness (QED) is 0.803. The smallest absolute Gasteiger partial charge is 0.241 e. The monoisotopic (exact) mass is 307 g/mol. The second kappa shape index (κ2) is 6.42. The number of hydrogen-bond acceptors (Lipinski definition) is 3. The van der Waals surface area contributed by atoms with E-state index in [-0.39, 0.29) is 0 Å². The van der Waals surface area contributed by atoms with Crippen LogP contribution in [0.1, 0.15) is 12.8 Å². The maximum atomic E-state index is 6.09. The molecule has 1 aromatic heterocycles. The molecular formula is C19H21N3O. The van der Waals surface area contributed by atoms with Crippen LogP contribution in [0.3, 0.4) is 0 Å². The van der Waals surface area contributed by atoms with Gasteiger partial charge in [-0.25, -0.2) is 4.68 Å². The third-order valence-corrected chi connectivity index (χ3v) is 4.41. The summed E-state index contributed by atoms with van der Waals surface area (Å²) >= 11 is 0. The highest BCUT2D eigenvalue weighted by Gasteiger charge is 2.17. The van der Waals surface area contributed by atoms with Crippen LogP contribution in [0, 0.1) is 5.92 Å². The van der Waals surface area contributed by atoms with Gasteiger partial charge in [-0.15, -0.1) is 5.10 Å². The van der Waals surface area contributed by atoms with Gasteiger partial charge in [-0.2, -0.15) is 0 Å². The van der Waals surface area contributed by atoms with E-state index in [4.69, 9.17) is 9.84 Å². The molecule has 2 heterocycles. The predicted octanol–water partition coefficient (Wildman–Crippen LogP) is 3.40. The molecule has 1 atom stereocenters. The average molecular weight is 307 g/mol. The van der Waals surface area contributed by atoms with Gasteiger partial charge in [0.25, 0.3) is 0 Å². The van der Waals surface area contributed by atoms with E-state index in [1.54, 1.807) is 0 Å². The Kier molecular flexibility index (Phi) is 3.99. The van der Waals surface area contributed by atoms with Crippen molar-refractivity contribution in [2.75, 3.05) is 19.7 Å². The fourth-order valence-electron chi connectivity index (χ4n) is 3.17. The standard InChI is InChI=1S/C19H21N3O/c1-2-8-16(9-3-1)22-18-11-5-4-10-17(18)19(21-22)23-14-15-7-6-12-20-13-15/h1-5,8-11,15,20H,6-7,12-14H2/t15-/m1/s1. The van der Waals surface area contributed by atoms with E-state index in [2.05, 4.69) is 29.6 Å². The zero-order valence-corrected chi connectivity index (χ0v) is 13.1. The lowest BCUT2D eigenvalue weighted by Gasteiger charge is -2.22. The van der Waals surface area contributed by atoms with Crippen molar-refractivity contribution in [2.24, 2.45) is 5.92 Å². The molecule has 3 aromatic rings. The Morgan fingerprint density at radius 1 is 1.09 bits per heavy atom. The number of para-hydroxylation sites is 2. The Morgan fingerprint density at radius 2 is 1.91 bits per heavy atom. The molecule has 1 N–H and O–H groups in total. The molecule has 0 bridgehead atoms. The molecule has 0 spiro atoms. The maximum Gasteiger partial charge on any atom is 0.241 e. The number of rotatable bonds is 4. The van der Waals surface area contributed by atoms with Gasteiger partial charge >= 0.3 is 0 Å². The van der Waals surface area contributed by atoms with Gasteiger partial charge in [0.1, 0.15) is 0 Å². The van der Waals surface area contributed by atoms with Gasteiger partial charge in [-0.3, -0.25) is 0 Å². The summed E-state index contributed by atoms with van der Waals surface area (Å²) in [5, 5.41) is 9.22. The van der Waals surface area contributed by atoms with Gasteiger partial charge in [-0.1, -0.05) is 30.3 Å². The number of benzene rings is 2. The van der Waals surface area contributed by atoms with E-state index in [0.29, 0.717) is 5.92 Å². The van der Waals surface area contributed by atoms with Crippen molar-refractivity contribution < 1.29 is 4.74 Å². The number of aromatic nitrogens is 2. The Bertz CT molecular complexity index is 776. The highest BCUT2D eigenvalue weighted by Crippen LogP contribution is 2.28. The molecule has 1 aliphatic heterocycles. The summed E-state index contributed by atoms with van der Waals surface area (Å²) < 4.78 is 8.05. The van der Waals surface area contributed by atoms with Crippen LogP contribution >= 0.6 is 0 Å². The van der Waals surface area contributed by atoms with Gasteiger partial charge in [0.05, 0.1) is 23.2 Å². The van der Waals surface area contributed by atoms with Crippen molar-refractivity contribution in [3.8, 4) is 11.6 Å². The van der Waals surface area contributed by atoms with Crippen LogP contribution < -0.4 is 10.1 Å². The van der Waals surface area contributed by atoms with Gasteiger partial charge in [0, 0.05) is 12.5 Å². The van der Waals surface area contributed by atoms with E-state index in [9.17, 15) is 0 Å². The lowest BCUT2D eigenvalue weighted by molar-refractivity contribution is 0.213. The molecule has 1 fully saturated rings.